The highest BCUT2D eigenvalue weighted by atomic mass is 32.1. The highest BCUT2D eigenvalue weighted by Crippen LogP contribution is 2.29. The molecule has 0 aromatic heterocycles. The minimum Gasteiger partial charge on any atom is -0.351 e. The molecule has 3 N–H and O–H groups in total. The summed E-state index contributed by atoms with van der Waals surface area (Å²) in [5, 5.41) is 20.1. The van der Waals surface area contributed by atoms with Crippen molar-refractivity contribution in [2.24, 2.45) is 0 Å². The number of nitrogens with one attached hydrogen (secondary N) is 3. The number of para-hydroxylation sites is 1. The molecule has 1 heterocycles. The largest absolute Gasteiger partial charge is 0.351 e. The monoisotopic (exact) mass is 368 g/mol. The zero-order chi connectivity index (χ0) is 18.7. The molecule has 26 heavy (non-hydrogen) atoms. The Kier molecular flexibility index (Phi) is 4.94. The number of hydrogen-bond donors (Lipinski definition) is 3. The van der Waals surface area contributed by atoms with E-state index in [0.717, 1.165) is 0 Å². The first-order chi connectivity index (χ1) is 12.5. The molecular formula is C18H16N4O3S. The van der Waals surface area contributed by atoms with E-state index in [1.807, 2.05) is 18.2 Å². The third kappa shape index (κ3) is 3.70. The number of carbonyl (C=O) groups is 1. The molecule has 1 amide bonds. The van der Waals surface area contributed by atoms with E-state index < -0.39 is 11.0 Å². The molecule has 0 bridgehead atoms. The van der Waals surface area contributed by atoms with E-state index in [1.54, 1.807) is 31.2 Å². The third-order valence-electron chi connectivity index (χ3n) is 3.98. The van der Waals surface area contributed by atoms with E-state index in [2.05, 4.69) is 16.0 Å². The van der Waals surface area contributed by atoms with Crippen LogP contribution in [0.5, 0.6) is 0 Å². The molecule has 7 nitrogen and oxygen atoms in total. The van der Waals surface area contributed by atoms with Crippen LogP contribution in [0, 0.1) is 10.1 Å². The van der Waals surface area contributed by atoms with Gasteiger partial charge in [-0.3, -0.25) is 14.9 Å². The third-order valence-corrected chi connectivity index (χ3v) is 4.20. The molecule has 0 radical (unpaired) electrons. The molecule has 2 aromatic carbocycles. The van der Waals surface area contributed by atoms with Gasteiger partial charge in [0.2, 0.25) is 0 Å². The molecular weight excluding hydrogens is 352 g/mol. The number of non-ortho nitro benzene ring substituents is 1. The first-order valence-corrected chi connectivity index (χ1v) is 8.25. The summed E-state index contributed by atoms with van der Waals surface area (Å²) < 4.78 is 0. The predicted molar refractivity (Wildman–Crippen MR) is 102 cm³/mol. The Morgan fingerprint density at radius 3 is 2.42 bits per heavy atom. The summed E-state index contributed by atoms with van der Waals surface area (Å²) in [6.07, 6.45) is 0. The number of nitro groups is 1. The molecule has 0 fully saturated rings. The van der Waals surface area contributed by atoms with Gasteiger partial charge in [-0.2, -0.15) is 0 Å². The molecule has 1 atom stereocenters. The first-order valence-electron chi connectivity index (χ1n) is 7.85. The fourth-order valence-electron chi connectivity index (χ4n) is 2.75. The quantitative estimate of drug-likeness (QED) is 0.436. The Balaban J connectivity index is 1.93. The smallest absolute Gasteiger partial charge is 0.269 e. The molecule has 0 saturated carbocycles. The predicted octanol–water partition coefficient (Wildman–Crippen LogP) is 3.03. The Hall–Kier alpha value is -3.26. The van der Waals surface area contributed by atoms with Gasteiger partial charge in [0.05, 0.1) is 16.5 Å². The van der Waals surface area contributed by atoms with Crippen molar-refractivity contribution in [3.63, 3.8) is 0 Å². The molecule has 0 saturated heterocycles. The highest BCUT2D eigenvalue weighted by Gasteiger charge is 2.30. The molecule has 1 aliphatic rings. The van der Waals surface area contributed by atoms with E-state index >= 15 is 0 Å². The van der Waals surface area contributed by atoms with Crippen molar-refractivity contribution in [2.45, 2.75) is 13.0 Å². The van der Waals surface area contributed by atoms with Crippen LogP contribution in [0.3, 0.4) is 0 Å². The number of carbonyl (C=O) groups excluding carboxylic acids is 1. The van der Waals surface area contributed by atoms with Crippen molar-refractivity contribution < 1.29 is 9.72 Å². The number of rotatable bonds is 4. The average molecular weight is 368 g/mol. The number of amides is 1. The van der Waals surface area contributed by atoms with Crippen LogP contribution in [0.4, 0.5) is 11.4 Å². The number of nitro benzene ring substituents is 1. The molecule has 0 aliphatic carbocycles. The fraction of sp³-hybridized carbons (Fsp3) is 0.111. The standard InChI is InChI=1S/C18H16N4O3S/c1-11-15(17(23)20-13-5-3-2-4-6-13)16(21-18(26)19-11)12-7-9-14(10-8-12)22(24)25/h2-10,16H,1H3,(H,20,23)(H2,19,21,26)/t16-/m0/s1. The lowest BCUT2D eigenvalue weighted by Gasteiger charge is -2.30. The van der Waals surface area contributed by atoms with E-state index in [9.17, 15) is 14.9 Å². The molecule has 2 aromatic rings. The van der Waals surface area contributed by atoms with Gasteiger partial charge in [-0.05, 0) is 49.0 Å². The Morgan fingerprint density at radius 2 is 1.81 bits per heavy atom. The van der Waals surface area contributed by atoms with Gasteiger partial charge in [0.25, 0.3) is 11.6 Å². The van der Waals surface area contributed by atoms with Gasteiger partial charge in [-0.25, -0.2) is 0 Å². The molecule has 132 valence electrons. The second-order valence-corrected chi connectivity index (χ2v) is 6.15. The minimum atomic E-state index is -0.506. The van der Waals surface area contributed by atoms with Crippen molar-refractivity contribution >= 4 is 34.6 Å². The lowest BCUT2D eigenvalue weighted by Crippen LogP contribution is -2.45. The number of benzene rings is 2. The second kappa shape index (κ2) is 7.32. The van der Waals surface area contributed by atoms with Gasteiger partial charge < -0.3 is 16.0 Å². The number of hydrogen-bond acceptors (Lipinski definition) is 4. The summed E-state index contributed by atoms with van der Waals surface area (Å²) in [6.45, 7) is 1.77. The van der Waals surface area contributed by atoms with Gasteiger partial charge in [0.15, 0.2) is 5.11 Å². The lowest BCUT2D eigenvalue weighted by molar-refractivity contribution is -0.384. The van der Waals surface area contributed by atoms with Crippen molar-refractivity contribution in [3.05, 3.63) is 81.5 Å². The highest BCUT2D eigenvalue weighted by molar-refractivity contribution is 7.80. The summed E-state index contributed by atoms with van der Waals surface area (Å²) in [4.78, 5) is 23.2. The Morgan fingerprint density at radius 1 is 1.15 bits per heavy atom. The maximum absolute atomic E-state index is 12.8. The van der Waals surface area contributed by atoms with Gasteiger partial charge in [0.1, 0.15) is 0 Å². The molecule has 1 aliphatic heterocycles. The molecule has 0 spiro atoms. The normalized spacial score (nSPS) is 16.5. The van der Waals surface area contributed by atoms with E-state index in [0.29, 0.717) is 27.6 Å². The Labute approximate surface area is 155 Å². The van der Waals surface area contributed by atoms with E-state index in [4.69, 9.17) is 12.2 Å². The van der Waals surface area contributed by atoms with Crippen LogP contribution >= 0.6 is 12.2 Å². The van der Waals surface area contributed by atoms with Crippen LogP contribution in [0.1, 0.15) is 18.5 Å². The van der Waals surface area contributed by atoms with E-state index in [-0.39, 0.29) is 11.6 Å². The van der Waals surface area contributed by atoms with Crippen LogP contribution in [-0.4, -0.2) is 15.9 Å². The maximum atomic E-state index is 12.8. The summed E-state index contributed by atoms with van der Waals surface area (Å²) in [5.74, 6) is -0.278. The number of nitrogens with zero attached hydrogens (tertiary/aromatic N) is 1. The number of allylic oxidation sites excluding steroid dienone is 1. The van der Waals surface area contributed by atoms with Crippen LogP contribution in [0.25, 0.3) is 0 Å². The second-order valence-electron chi connectivity index (χ2n) is 5.74. The van der Waals surface area contributed by atoms with Crippen LogP contribution in [0.15, 0.2) is 65.9 Å². The maximum Gasteiger partial charge on any atom is 0.269 e. The minimum absolute atomic E-state index is 0.0127. The van der Waals surface area contributed by atoms with Crippen molar-refractivity contribution in [1.82, 2.24) is 10.6 Å². The molecule has 3 rings (SSSR count). The van der Waals surface area contributed by atoms with Gasteiger partial charge in [0, 0.05) is 23.5 Å². The number of thiocarbonyl (C=S) groups is 1. The van der Waals surface area contributed by atoms with Crippen LogP contribution < -0.4 is 16.0 Å². The average Bonchev–Trinajstić information content (AvgIpc) is 2.61. The zero-order valence-corrected chi connectivity index (χ0v) is 14.7. The zero-order valence-electron chi connectivity index (χ0n) is 13.9. The summed E-state index contributed by atoms with van der Waals surface area (Å²) in [7, 11) is 0. The topological polar surface area (TPSA) is 96.3 Å². The van der Waals surface area contributed by atoms with E-state index in [1.165, 1.54) is 12.1 Å². The summed E-state index contributed by atoms with van der Waals surface area (Å²) in [6, 6.07) is 14.7. The van der Waals surface area contributed by atoms with Crippen molar-refractivity contribution in [3.8, 4) is 0 Å². The van der Waals surface area contributed by atoms with Crippen LogP contribution in [-0.2, 0) is 4.79 Å². The van der Waals surface area contributed by atoms with Gasteiger partial charge >= 0.3 is 0 Å². The Bertz CT molecular complexity index is 894. The fourth-order valence-corrected chi connectivity index (χ4v) is 3.02. The van der Waals surface area contributed by atoms with Gasteiger partial charge in [-0.1, -0.05) is 18.2 Å². The summed E-state index contributed by atoms with van der Waals surface area (Å²) in [5.41, 5.74) is 2.47. The molecule has 8 heteroatoms. The molecule has 0 unspecified atom stereocenters. The van der Waals surface area contributed by atoms with Gasteiger partial charge in [-0.15, -0.1) is 0 Å². The van der Waals surface area contributed by atoms with Crippen molar-refractivity contribution in [1.29, 1.82) is 0 Å². The van der Waals surface area contributed by atoms with Crippen molar-refractivity contribution in [2.75, 3.05) is 5.32 Å². The van der Waals surface area contributed by atoms with Crippen LogP contribution in [0.2, 0.25) is 0 Å². The summed E-state index contributed by atoms with van der Waals surface area (Å²) >= 11 is 5.20. The lowest BCUT2D eigenvalue weighted by atomic mass is 9.94. The first kappa shape index (κ1) is 17.6. The number of anilines is 1. The SMILES string of the molecule is CC1=C(C(=O)Nc2ccccc2)[C@H](c2ccc([N+](=O)[O-])cc2)NC(=S)N1.